The van der Waals surface area contributed by atoms with E-state index in [4.69, 9.17) is 13.6 Å². The van der Waals surface area contributed by atoms with Crippen LogP contribution in [0.3, 0.4) is 0 Å². The van der Waals surface area contributed by atoms with Gasteiger partial charge < -0.3 is 13.6 Å². The third-order valence-corrected chi connectivity index (χ3v) is 6.02. The molecule has 2 aromatic heterocycles. The second-order valence-electron chi connectivity index (χ2n) is 7.29. The highest BCUT2D eigenvalue weighted by Gasteiger charge is 2.62. The molecule has 1 spiro atoms. The van der Waals surface area contributed by atoms with Crippen LogP contribution in [0.25, 0.3) is 17.2 Å². The molecule has 4 heterocycles. The average molecular weight is 356 g/mol. The number of furan rings is 2. The van der Waals surface area contributed by atoms with Gasteiger partial charge in [0.1, 0.15) is 23.0 Å². The molecule has 0 N–H and O–H groups in total. The van der Waals surface area contributed by atoms with Gasteiger partial charge in [0.2, 0.25) is 0 Å². The SMILES string of the molecule is O=C1OC2C[C@@H]3c4ccccc4/C(=C\c4ccco4)[C@@]13C=C2c1ccco1. The summed E-state index contributed by atoms with van der Waals surface area (Å²) in [5.41, 5.74) is 3.34. The van der Waals surface area contributed by atoms with Crippen molar-refractivity contribution in [3.8, 4) is 0 Å². The molecule has 2 aliphatic carbocycles. The van der Waals surface area contributed by atoms with Gasteiger partial charge in [0.15, 0.2) is 0 Å². The van der Waals surface area contributed by atoms with Crippen molar-refractivity contribution >= 4 is 23.2 Å². The predicted octanol–water partition coefficient (Wildman–Crippen LogP) is 4.91. The molecule has 132 valence electrons. The zero-order valence-electron chi connectivity index (χ0n) is 14.4. The number of fused-ring (bicyclic) bond motifs is 2. The van der Waals surface area contributed by atoms with Crippen LogP contribution in [0.15, 0.2) is 76.0 Å². The maximum atomic E-state index is 13.2. The smallest absolute Gasteiger partial charge is 0.321 e. The lowest BCUT2D eigenvalue weighted by Crippen LogP contribution is -2.48. The fourth-order valence-corrected chi connectivity index (χ4v) is 4.91. The molecule has 3 atom stereocenters. The van der Waals surface area contributed by atoms with E-state index in [9.17, 15) is 4.79 Å². The van der Waals surface area contributed by atoms with Crippen molar-refractivity contribution in [1.82, 2.24) is 0 Å². The Balaban J connectivity index is 1.65. The predicted molar refractivity (Wildman–Crippen MR) is 99.4 cm³/mol. The lowest BCUT2D eigenvalue weighted by atomic mass is 9.63. The third-order valence-electron chi connectivity index (χ3n) is 6.02. The van der Waals surface area contributed by atoms with E-state index in [-0.39, 0.29) is 18.0 Å². The molecule has 0 radical (unpaired) electrons. The van der Waals surface area contributed by atoms with Crippen LogP contribution in [-0.4, -0.2) is 12.1 Å². The number of rotatable bonds is 2. The highest BCUT2D eigenvalue weighted by molar-refractivity contribution is 6.08. The quantitative estimate of drug-likeness (QED) is 0.612. The number of carbonyl (C=O) groups excluding carboxylic acids is 1. The molecular formula is C23H16O4. The van der Waals surface area contributed by atoms with Crippen LogP contribution in [0, 0.1) is 5.41 Å². The number of carbonyl (C=O) groups is 1. The number of esters is 1. The number of hydrogen-bond donors (Lipinski definition) is 0. The van der Waals surface area contributed by atoms with Gasteiger partial charge in [-0.1, -0.05) is 30.3 Å². The normalized spacial score (nSPS) is 29.4. The fourth-order valence-electron chi connectivity index (χ4n) is 4.91. The molecule has 4 heteroatoms. The van der Waals surface area contributed by atoms with Crippen molar-refractivity contribution < 1.29 is 18.4 Å². The molecular weight excluding hydrogens is 340 g/mol. The van der Waals surface area contributed by atoms with E-state index in [0.717, 1.165) is 34.7 Å². The van der Waals surface area contributed by atoms with E-state index in [1.54, 1.807) is 12.5 Å². The Hall–Kier alpha value is -3.27. The number of benzene rings is 1. The van der Waals surface area contributed by atoms with Gasteiger partial charge >= 0.3 is 5.97 Å². The number of ether oxygens (including phenoxy) is 1. The van der Waals surface area contributed by atoms with Crippen molar-refractivity contribution in [3.63, 3.8) is 0 Å². The van der Waals surface area contributed by atoms with Gasteiger partial charge in [-0.2, -0.15) is 0 Å². The third kappa shape index (κ3) is 1.85. The molecule has 4 aliphatic rings. The summed E-state index contributed by atoms with van der Waals surface area (Å²) < 4.78 is 17.1. The van der Waals surface area contributed by atoms with Crippen LogP contribution in [0.4, 0.5) is 0 Å². The first-order valence-corrected chi connectivity index (χ1v) is 9.10. The number of hydrogen-bond acceptors (Lipinski definition) is 4. The van der Waals surface area contributed by atoms with E-state index < -0.39 is 5.41 Å². The van der Waals surface area contributed by atoms with E-state index in [1.165, 1.54) is 5.56 Å². The van der Waals surface area contributed by atoms with Gasteiger partial charge in [0, 0.05) is 11.5 Å². The molecule has 1 aromatic carbocycles. The zero-order chi connectivity index (χ0) is 18.0. The summed E-state index contributed by atoms with van der Waals surface area (Å²) >= 11 is 0. The molecule has 3 aromatic rings. The summed E-state index contributed by atoms with van der Waals surface area (Å²) in [6, 6.07) is 15.8. The van der Waals surface area contributed by atoms with Gasteiger partial charge in [0.05, 0.1) is 12.5 Å². The van der Waals surface area contributed by atoms with Gasteiger partial charge in [-0.05, 0) is 53.5 Å². The summed E-state index contributed by atoms with van der Waals surface area (Å²) in [6.07, 6.45) is 7.82. The van der Waals surface area contributed by atoms with E-state index >= 15 is 0 Å². The molecule has 27 heavy (non-hydrogen) atoms. The first kappa shape index (κ1) is 14.9. The van der Waals surface area contributed by atoms with Gasteiger partial charge in [0.25, 0.3) is 0 Å². The standard InChI is InChI=1S/C23H16O4/c24-22-23-13-17(20-8-4-10-26-20)21(27-22)12-19(23)16-7-2-1-6-15(16)18(23)11-14-5-3-9-25-14/h1-11,13,19,21H,12H2/b18-11+/t19-,21?,23-/m1/s1. The van der Waals surface area contributed by atoms with Crippen LogP contribution in [-0.2, 0) is 9.53 Å². The Morgan fingerprint density at radius 2 is 1.85 bits per heavy atom. The second-order valence-corrected chi connectivity index (χ2v) is 7.29. The molecule has 0 amide bonds. The van der Waals surface area contributed by atoms with Gasteiger partial charge in [-0.15, -0.1) is 0 Å². The van der Waals surface area contributed by atoms with E-state index in [0.29, 0.717) is 0 Å². The van der Waals surface area contributed by atoms with Crippen molar-refractivity contribution in [1.29, 1.82) is 0 Å². The maximum Gasteiger partial charge on any atom is 0.321 e. The second kappa shape index (κ2) is 5.13. The Morgan fingerprint density at radius 3 is 2.67 bits per heavy atom. The molecule has 1 saturated heterocycles. The molecule has 1 fully saturated rings. The summed E-state index contributed by atoms with van der Waals surface area (Å²) in [5.74, 6) is 1.37. The lowest BCUT2D eigenvalue weighted by Gasteiger charge is -2.45. The van der Waals surface area contributed by atoms with Crippen molar-refractivity contribution in [3.05, 3.63) is 89.8 Å². The van der Waals surface area contributed by atoms with Crippen LogP contribution in [0.5, 0.6) is 0 Å². The van der Waals surface area contributed by atoms with Crippen molar-refractivity contribution in [2.24, 2.45) is 5.41 Å². The summed E-state index contributed by atoms with van der Waals surface area (Å²) in [4.78, 5) is 13.2. The Labute approximate surface area is 155 Å². The van der Waals surface area contributed by atoms with Gasteiger partial charge in [-0.3, -0.25) is 4.79 Å². The summed E-state index contributed by atoms with van der Waals surface area (Å²) in [5, 5.41) is 0. The largest absolute Gasteiger partial charge is 0.465 e. The van der Waals surface area contributed by atoms with E-state index in [2.05, 4.69) is 18.2 Å². The first-order chi connectivity index (χ1) is 13.3. The molecule has 2 aliphatic heterocycles. The minimum Gasteiger partial charge on any atom is -0.465 e. The summed E-state index contributed by atoms with van der Waals surface area (Å²) in [7, 11) is 0. The monoisotopic (exact) mass is 356 g/mol. The summed E-state index contributed by atoms with van der Waals surface area (Å²) in [6.45, 7) is 0. The van der Waals surface area contributed by atoms with Crippen LogP contribution in [0.2, 0.25) is 0 Å². The highest BCUT2D eigenvalue weighted by Crippen LogP contribution is 2.65. The van der Waals surface area contributed by atoms with Crippen LogP contribution in [0.1, 0.15) is 35.0 Å². The van der Waals surface area contributed by atoms with Crippen LogP contribution >= 0.6 is 0 Å². The molecule has 2 bridgehead atoms. The van der Waals surface area contributed by atoms with Crippen LogP contribution < -0.4 is 0 Å². The van der Waals surface area contributed by atoms with Gasteiger partial charge in [-0.25, -0.2) is 0 Å². The Bertz CT molecular complexity index is 1100. The average Bonchev–Trinajstić information content (AvgIpc) is 3.43. The lowest BCUT2D eigenvalue weighted by molar-refractivity contribution is -0.161. The molecule has 4 nitrogen and oxygen atoms in total. The topological polar surface area (TPSA) is 52.6 Å². The molecule has 0 saturated carbocycles. The first-order valence-electron chi connectivity index (χ1n) is 9.10. The highest BCUT2D eigenvalue weighted by atomic mass is 16.5. The minimum absolute atomic E-state index is 0.0693. The minimum atomic E-state index is -0.840. The van der Waals surface area contributed by atoms with Crippen molar-refractivity contribution in [2.75, 3.05) is 0 Å². The Kier molecular flexibility index (Phi) is 2.82. The molecule has 1 unspecified atom stereocenters. The fraction of sp³-hybridized carbons (Fsp3) is 0.174. The van der Waals surface area contributed by atoms with E-state index in [1.807, 2.05) is 42.5 Å². The van der Waals surface area contributed by atoms with Crippen molar-refractivity contribution in [2.45, 2.75) is 18.4 Å². The maximum absolute atomic E-state index is 13.2. The Morgan fingerprint density at radius 1 is 1.00 bits per heavy atom. The zero-order valence-corrected chi connectivity index (χ0v) is 14.4. The molecule has 7 rings (SSSR count).